The molecule has 31 heavy (non-hydrogen) atoms. The van der Waals surface area contributed by atoms with E-state index in [0.717, 1.165) is 0 Å². The first-order chi connectivity index (χ1) is 15.0. The highest BCUT2D eigenvalue weighted by Crippen LogP contribution is 2.31. The van der Waals surface area contributed by atoms with Crippen LogP contribution in [0.3, 0.4) is 0 Å². The summed E-state index contributed by atoms with van der Waals surface area (Å²) in [5.41, 5.74) is 0.651. The fourth-order valence-corrected chi connectivity index (χ4v) is 2.79. The number of benzene rings is 2. The molecule has 2 unspecified atom stereocenters. The zero-order valence-electron chi connectivity index (χ0n) is 17.4. The van der Waals surface area contributed by atoms with E-state index in [-0.39, 0.29) is 31.8 Å². The molecule has 6 nitrogen and oxygen atoms in total. The minimum Gasteiger partial charge on any atom is -0.493 e. The van der Waals surface area contributed by atoms with Crippen molar-refractivity contribution in [2.24, 2.45) is 0 Å². The topological polar surface area (TPSA) is 66.0 Å². The third-order valence-corrected chi connectivity index (χ3v) is 4.34. The van der Waals surface area contributed by atoms with Crippen LogP contribution in [0.15, 0.2) is 42.5 Å². The minimum absolute atomic E-state index is 0.000652. The van der Waals surface area contributed by atoms with Crippen LogP contribution in [-0.4, -0.2) is 38.9 Å². The molecule has 0 aromatic heterocycles. The van der Waals surface area contributed by atoms with Crippen LogP contribution in [0.25, 0.3) is 0 Å². The molecule has 0 aliphatic heterocycles. The third-order valence-electron chi connectivity index (χ3n) is 4.09. The van der Waals surface area contributed by atoms with Crippen molar-refractivity contribution in [3.8, 4) is 41.9 Å². The molecular formula is C24H24ClNO5. The Balaban J connectivity index is 1.97. The quantitative estimate of drug-likeness (QED) is 0.539. The van der Waals surface area contributed by atoms with Crippen LogP contribution < -0.4 is 19.5 Å². The fraction of sp³-hybridized carbons (Fsp3) is 0.292. The Morgan fingerprint density at radius 2 is 1.81 bits per heavy atom. The molecule has 1 amide bonds. The average Bonchev–Trinajstić information content (AvgIpc) is 2.78. The van der Waals surface area contributed by atoms with Gasteiger partial charge in [0.2, 0.25) is 0 Å². The summed E-state index contributed by atoms with van der Waals surface area (Å²) < 4.78 is 22.1. The van der Waals surface area contributed by atoms with E-state index in [0.29, 0.717) is 27.8 Å². The molecule has 2 aromatic rings. The van der Waals surface area contributed by atoms with Gasteiger partial charge in [-0.15, -0.1) is 12.8 Å². The van der Waals surface area contributed by atoms with Crippen molar-refractivity contribution in [1.29, 1.82) is 0 Å². The number of ether oxygens (including phenoxy) is 4. The molecule has 0 spiro atoms. The van der Waals surface area contributed by atoms with Crippen LogP contribution in [0.2, 0.25) is 5.02 Å². The molecule has 0 fully saturated rings. The molecule has 0 saturated heterocycles. The maximum absolute atomic E-state index is 12.7. The summed E-state index contributed by atoms with van der Waals surface area (Å²) in [6.07, 6.45) is 9.30. The number of methoxy groups -OCH3 is 1. The highest BCUT2D eigenvalue weighted by Gasteiger charge is 2.22. The molecule has 162 valence electrons. The van der Waals surface area contributed by atoms with Gasteiger partial charge in [-0.3, -0.25) is 4.79 Å². The number of amides is 1. The number of nitrogens with one attached hydrogen (secondary N) is 1. The number of halogens is 1. The number of terminal acetylenes is 2. The summed E-state index contributed by atoms with van der Waals surface area (Å²) in [6.45, 7) is 2.21. The van der Waals surface area contributed by atoms with Gasteiger partial charge in [0.25, 0.3) is 5.91 Å². The lowest BCUT2D eigenvalue weighted by Crippen LogP contribution is -2.37. The van der Waals surface area contributed by atoms with Crippen LogP contribution in [0.1, 0.15) is 18.6 Å². The van der Waals surface area contributed by atoms with Crippen LogP contribution >= 0.6 is 11.6 Å². The molecule has 2 rings (SSSR count). The van der Waals surface area contributed by atoms with Crippen molar-refractivity contribution in [3.05, 3.63) is 53.1 Å². The predicted molar refractivity (Wildman–Crippen MR) is 119 cm³/mol. The van der Waals surface area contributed by atoms with Crippen molar-refractivity contribution in [2.45, 2.75) is 19.1 Å². The van der Waals surface area contributed by atoms with Gasteiger partial charge in [0.05, 0.1) is 13.7 Å². The summed E-state index contributed by atoms with van der Waals surface area (Å²) in [5, 5.41) is 3.39. The molecule has 0 bridgehead atoms. The Bertz CT molecular complexity index is 946. The molecule has 0 saturated carbocycles. The summed E-state index contributed by atoms with van der Waals surface area (Å²) in [4.78, 5) is 12.7. The highest BCUT2D eigenvalue weighted by atomic mass is 35.5. The molecule has 0 aliphatic carbocycles. The Morgan fingerprint density at radius 3 is 2.45 bits per heavy atom. The lowest BCUT2D eigenvalue weighted by Gasteiger charge is -2.20. The molecule has 2 atom stereocenters. The first-order valence-electron chi connectivity index (χ1n) is 9.47. The maximum Gasteiger partial charge on any atom is 0.253 e. The molecule has 2 aromatic carbocycles. The second-order valence-corrected chi connectivity index (χ2v) is 6.86. The van der Waals surface area contributed by atoms with Gasteiger partial charge < -0.3 is 24.3 Å². The monoisotopic (exact) mass is 441 g/mol. The summed E-state index contributed by atoms with van der Waals surface area (Å²) in [5.74, 6) is 6.02. The Hall–Kier alpha value is -3.32. The summed E-state index contributed by atoms with van der Waals surface area (Å²) in [7, 11) is 1.53. The molecule has 0 heterocycles. The highest BCUT2D eigenvalue weighted by molar-refractivity contribution is 6.30. The number of carbonyl (C=O) groups is 1. The Kier molecular flexibility index (Phi) is 9.58. The first kappa shape index (κ1) is 24.0. The van der Waals surface area contributed by atoms with Gasteiger partial charge in [0, 0.05) is 11.1 Å². The van der Waals surface area contributed by atoms with Crippen LogP contribution in [0.5, 0.6) is 17.2 Å². The summed E-state index contributed by atoms with van der Waals surface area (Å²) in [6, 6.07) is 12.0. The van der Waals surface area contributed by atoms with Gasteiger partial charge in [-0.2, -0.15) is 0 Å². The van der Waals surface area contributed by atoms with Gasteiger partial charge in [-0.1, -0.05) is 35.6 Å². The maximum atomic E-state index is 12.7. The SMILES string of the molecule is C#CCOc1ccc(OC(C)CNC(=O)C(OCC#C)c2ccc(Cl)cc2)cc1OC. The average molecular weight is 442 g/mol. The number of rotatable bonds is 11. The van der Waals surface area contributed by atoms with Crippen LogP contribution in [0.4, 0.5) is 0 Å². The van der Waals surface area contributed by atoms with Crippen molar-refractivity contribution < 1.29 is 23.7 Å². The van der Waals surface area contributed by atoms with E-state index >= 15 is 0 Å². The lowest BCUT2D eigenvalue weighted by atomic mass is 10.1. The van der Waals surface area contributed by atoms with E-state index in [2.05, 4.69) is 17.2 Å². The van der Waals surface area contributed by atoms with Gasteiger partial charge in [-0.25, -0.2) is 0 Å². The van der Waals surface area contributed by atoms with Crippen molar-refractivity contribution >= 4 is 17.5 Å². The van der Waals surface area contributed by atoms with E-state index in [1.807, 2.05) is 6.92 Å². The number of carbonyl (C=O) groups excluding carboxylic acids is 1. The van der Waals surface area contributed by atoms with E-state index in [1.54, 1.807) is 42.5 Å². The zero-order chi connectivity index (χ0) is 22.6. The largest absolute Gasteiger partial charge is 0.493 e. The first-order valence-corrected chi connectivity index (χ1v) is 9.85. The van der Waals surface area contributed by atoms with Crippen molar-refractivity contribution in [2.75, 3.05) is 26.9 Å². The van der Waals surface area contributed by atoms with Crippen LogP contribution in [0, 0.1) is 24.7 Å². The lowest BCUT2D eigenvalue weighted by molar-refractivity contribution is -0.132. The molecule has 0 radical (unpaired) electrons. The normalized spacial score (nSPS) is 12.0. The number of hydrogen-bond acceptors (Lipinski definition) is 5. The Morgan fingerprint density at radius 1 is 1.10 bits per heavy atom. The second kappa shape index (κ2) is 12.4. The van der Waals surface area contributed by atoms with Gasteiger partial charge in [0.15, 0.2) is 17.6 Å². The fourth-order valence-electron chi connectivity index (χ4n) is 2.66. The van der Waals surface area contributed by atoms with E-state index in [1.165, 1.54) is 7.11 Å². The standard InChI is InChI=1S/C24H24ClNO5/c1-5-13-29-21-12-11-20(15-22(21)28-4)31-17(3)16-26-24(27)23(30-14-6-2)18-7-9-19(25)10-8-18/h1-2,7-12,15,17,23H,13-14,16H2,3-4H3,(H,26,27). The number of hydrogen-bond donors (Lipinski definition) is 1. The molecule has 7 heteroatoms. The predicted octanol–water partition coefficient (Wildman–Crippen LogP) is 3.64. The Labute approximate surface area is 187 Å². The second-order valence-electron chi connectivity index (χ2n) is 6.43. The zero-order valence-corrected chi connectivity index (χ0v) is 18.1. The minimum atomic E-state index is -0.854. The van der Waals surface area contributed by atoms with Gasteiger partial charge in [-0.05, 0) is 36.8 Å². The molecular weight excluding hydrogens is 418 g/mol. The van der Waals surface area contributed by atoms with Gasteiger partial charge in [0.1, 0.15) is 25.1 Å². The third kappa shape index (κ3) is 7.46. The van der Waals surface area contributed by atoms with Gasteiger partial charge >= 0.3 is 0 Å². The summed E-state index contributed by atoms with van der Waals surface area (Å²) >= 11 is 5.92. The van der Waals surface area contributed by atoms with E-state index < -0.39 is 6.10 Å². The van der Waals surface area contributed by atoms with E-state index in [4.69, 9.17) is 43.4 Å². The van der Waals surface area contributed by atoms with Crippen molar-refractivity contribution in [1.82, 2.24) is 5.32 Å². The molecule has 1 N–H and O–H groups in total. The van der Waals surface area contributed by atoms with Crippen molar-refractivity contribution in [3.63, 3.8) is 0 Å². The van der Waals surface area contributed by atoms with Crippen LogP contribution in [-0.2, 0) is 9.53 Å². The molecule has 0 aliphatic rings. The smallest absolute Gasteiger partial charge is 0.253 e. The van der Waals surface area contributed by atoms with E-state index in [9.17, 15) is 4.79 Å².